The molecule has 2 atom stereocenters. The van der Waals surface area contributed by atoms with Gasteiger partial charge in [-0.1, -0.05) is 147 Å². The largest absolute Gasteiger partial charge is 0.306 e. The Morgan fingerprint density at radius 1 is 0.545 bits per heavy atom. The third-order valence-electron chi connectivity index (χ3n) is 5.72. The molecule has 0 aromatic heterocycles. The molecule has 0 aliphatic heterocycles. The molecule has 4 aromatic carbocycles. The van der Waals surface area contributed by atoms with Crippen LogP contribution in [-0.4, -0.2) is 6.04 Å². The van der Waals surface area contributed by atoms with Gasteiger partial charge in [0.1, 0.15) is 0 Å². The maximum Gasteiger partial charge on any atom is 0.0689 e. The second kappa shape index (κ2) is 11.0. The quantitative estimate of drug-likeness (QED) is 0.289. The van der Waals surface area contributed by atoms with Crippen molar-refractivity contribution in [3.63, 3.8) is 0 Å². The van der Waals surface area contributed by atoms with Gasteiger partial charge in [-0.15, -0.1) is 0 Å². The summed E-state index contributed by atoms with van der Waals surface area (Å²) in [4.78, 5) is 0. The molecular weight excluding hydrogens is 439 g/mol. The molecule has 168 valence electrons. The van der Waals surface area contributed by atoms with Gasteiger partial charge in [0.2, 0.25) is 0 Å². The third kappa shape index (κ3) is 5.69. The number of hydrogen-bond donors (Lipinski definition) is 2. The van der Waals surface area contributed by atoms with E-state index in [4.69, 9.17) is 11.8 Å². The van der Waals surface area contributed by atoms with E-state index in [-0.39, 0.29) is 12.1 Å². The van der Waals surface area contributed by atoms with E-state index in [0.29, 0.717) is 6.04 Å². The fourth-order valence-electron chi connectivity index (χ4n) is 4.18. The maximum absolute atomic E-state index is 6.57. The predicted octanol–water partition coefficient (Wildman–Crippen LogP) is 6.10. The zero-order valence-electron chi connectivity index (χ0n) is 19.1. The van der Waals surface area contributed by atoms with Crippen LogP contribution in [-0.2, 0) is 11.8 Å². The minimum Gasteiger partial charge on any atom is -0.306 e. The van der Waals surface area contributed by atoms with E-state index in [1.54, 1.807) is 0 Å². The number of hydrogen-bond acceptors (Lipinski definition) is 2. The minimum atomic E-state index is -2.32. The number of benzene rings is 4. The van der Waals surface area contributed by atoms with Crippen LogP contribution in [0.1, 0.15) is 37.1 Å². The molecule has 0 fully saturated rings. The Morgan fingerprint density at radius 3 is 1.30 bits per heavy atom. The second-order valence-corrected chi connectivity index (χ2v) is 12.7. The first-order chi connectivity index (χ1) is 16.1. The van der Waals surface area contributed by atoms with E-state index in [1.807, 2.05) is 0 Å². The topological polar surface area (TPSA) is 24.1 Å². The van der Waals surface area contributed by atoms with Gasteiger partial charge >= 0.3 is 0 Å². The monoisotopic (exact) mass is 470 g/mol. The lowest BCUT2D eigenvalue weighted by Gasteiger charge is -2.36. The zero-order chi connectivity index (χ0) is 23.1. The lowest BCUT2D eigenvalue weighted by Crippen LogP contribution is -2.40. The van der Waals surface area contributed by atoms with Crippen LogP contribution < -0.4 is 21.0 Å². The average molecular weight is 471 g/mol. The van der Waals surface area contributed by atoms with Crippen molar-refractivity contribution in [2.45, 2.75) is 32.0 Å². The van der Waals surface area contributed by atoms with E-state index < -0.39 is 6.19 Å². The van der Waals surface area contributed by atoms with Crippen LogP contribution in [0.5, 0.6) is 0 Å². The maximum atomic E-state index is 6.57. The Labute approximate surface area is 203 Å². The first kappa shape index (κ1) is 23.6. The van der Waals surface area contributed by atoms with Crippen LogP contribution in [0.4, 0.5) is 0 Å². The van der Waals surface area contributed by atoms with Gasteiger partial charge in [0.05, 0.1) is 18.3 Å². The minimum absolute atomic E-state index is 0.0118. The van der Waals surface area contributed by atoms with Crippen LogP contribution in [0.3, 0.4) is 0 Å². The summed E-state index contributed by atoms with van der Waals surface area (Å²) in [6, 6.07) is 42.8. The van der Waals surface area contributed by atoms with Crippen LogP contribution in [0, 0.1) is 0 Å². The van der Waals surface area contributed by atoms with Crippen LogP contribution in [0.25, 0.3) is 0 Å². The van der Waals surface area contributed by atoms with E-state index in [2.05, 4.69) is 146 Å². The molecule has 0 spiro atoms. The summed E-state index contributed by atoms with van der Waals surface area (Å²) in [5.74, 6) is 0. The molecule has 0 saturated carbocycles. The molecule has 0 heterocycles. The highest BCUT2D eigenvalue weighted by Crippen LogP contribution is 2.45. The molecule has 0 saturated heterocycles. The fourth-order valence-corrected chi connectivity index (χ4v) is 7.72. The highest BCUT2D eigenvalue weighted by molar-refractivity contribution is 8.20. The molecule has 2 nitrogen and oxygen atoms in total. The third-order valence-corrected chi connectivity index (χ3v) is 10.00. The van der Waals surface area contributed by atoms with Gasteiger partial charge in [-0.2, -0.15) is 0 Å². The Bertz CT molecular complexity index is 1120. The Hall–Kier alpha value is -2.55. The zero-order valence-corrected chi connectivity index (χ0v) is 20.8. The van der Waals surface area contributed by atoms with E-state index in [9.17, 15) is 0 Å². The van der Waals surface area contributed by atoms with E-state index in [1.165, 1.54) is 21.7 Å². The highest BCUT2D eigenvalue weighted by atomic mass is 32.4. The molecule has 0 unspecified atom stereocenters. The molecule has 0 bridgehead atoms. The molecule has 4 aromatic rings. The molecule has 0 aliphatic rings. The molecular formula is C29H31N2PS. The number of rotatable bonds is 9. The molecule has 0 radical (unpaired) electrons. The van der Waals surface area contributed by atoms with Crippen LogP contribution in [0.2, 0.25) is 0 Å². The lowest BCUT2D eigenvalue weighted by atomic mass is 9.93. The average Bonchev–Trinajstić information content (AvgIpc) is 2.88. The lowest BCUT2D eigenvalue weighted by molar-refractivity contribution is 0.400. The van der Waals surface area contributed by atoms with Gasteiger partial charge in [0.15, 0.2) is 0 Å². The van der Waals surface area contributed by atoms with Crippen molar-refractivity contribution in [1.82, 2.24) is 10.4 Å². The molecule has 0 amide bonds. The summed E-state index contributed by atoms with van der Waals surface area (Å²) in [5, 5.41) is 10.2. The van der Waals surface area contributed by atoms with Gasteiger partial charge in [-0.05, 0) is 11.1 Å². The van der Waals surface area contributed by atoms with Crippen molar-refractivity contribution < 1.29 is 0 Å². The van der Waals surface area contributed by atoms with E-state index in [0.717, 1.165) is 0 Å². The normalized spacial score (nSPS) is 13.5. The van der Waals surface area contributed by atoms with Gasteiger partial charge in [0, 0.05) is 16.7 Å². The molecule has 4 rings (SSSR count). The van der Waals surface area contributed by atoms with Crippen molar-refractivity contribution in [3.8, 4) is 0 Å². The van der Waals surface area contributed by atoms with Crippen molar-refractivity contribution in [3.05, 3.63) is 132 Å². The Balaban J connectivity index is 1.87. The van der Waals surface area contributed by atoms with E-state index >= 15 is 0 Å². The van der Waals surface area contributed by atoms with Gasteiger partial charge < -0.3 is 5.32 Å². The smallest absolute Gasteiger partial charge is 0.0689 e. The Kier molecular flexibility index (Phi) is 7.90. The van der Waals surface area contributed by atoms with Crippen molar-refractivity contribution >= 4 is 28.6 Å². The first-order valence-electron chi connectivity index (χ1n) is 11.4. The van der Waals surface area contributed by atoms with Crippen molar-refractivity contribution in [2.75, 3.05) is 0 Å². The van der Waals surface area contributed by atoms with Gasteiger partial charge in [0.25, 0.3) is 0 Å². The summed E-state index contributed by atoms with van der Waals surface area (Å²) in [6.07, 6.45) is -2.32. The predicted molar refractivity (Wildman–Crippen MR) is 146 cm³/mol. The molecule has 33 heavy (non-hydrogen) atoms. The summed E-state index contributed by atoms with van der Waals surface area (Å²) in [6.45, 7) is 4.39. The van der Waals surface area contributed by atoms with Gasteiger partial charge in [-0.3, -0.25) is 5.09 Å². The molecule has 4 heteroatoms. The Morgan fingerprint density at radius 2 is 0.909 bits per heavy atom. The fraction of sp³-hybridized carbons (Fsp3) is 0.172. The first-order valence-corrected chi connectivity index (χ1v) is 14.2. The van der Waals surface area contributed by atoms with Crippen LogP contribution >= 0.6 is 6.19 Å². The SMILES string of the molecule is CC(C)N[C@H](c1ccccc1)[C@H](NP(=S)(c1ccccc1)c1ccccc1)c1ccccc1. The second-order valence-electron chi connectivity index (χ2n) is 8.51. The van der Waals surface area contributed by atoms with Crippen molar-refractivity contribution in [1.29, 1.82) is 0 Å². The highest BCUT2D eigenvalue weighted by Gasteiger charge is 2.32. The number of nitrogens with one attached hydrogen (secondary N) is 2. The van der Waals surface area contributed by atoms with Crippen LogP contribution in [0.15, 0.2) is 121 Å². The summed E-state index contributed by atoms with van der Waals surface area (Å²) in [7, 11) is 0. The standard InChI is InChI=1S/C29H31N2PS/c1-23(2)30-28(24-15-7-3-8-16-24)29(25-17-9-4-10-18-25)31-32(33,26-19-11-5-12-20-26)27-21-13-6-14-22-27/h3-23,28-30H,1-2H3,(H,31,33)/t28-,29-/m1/s1. The summed E-state index contributed by atoms with van der Waals surface area (Å²) in [5.41, 5.74) is 2.47. The summed E-state index contributed by atoms with van der Waals surface area (Å²) >= 11 is 6.57. The van der Waals surface area contributed by atoms with Crippen molar-refractivity contribution in [2.24, 2.45) is 0 Å². The van der Waals surface area contributed by atoms with Gasteiger partial charge in [-0.25, -0.2) is 0 Å². The summed E-state index contributed by atoms with van der Waals surface area (Å²) < 4.78 is 0. The molecule has 2 N–H and O–H groups in total. The molecule has 0 aliphatic carbocycles.